The van der Waals surface area contributed by atoms with Crippen LogP contribution in [-0.2, 0) is 6.54 Å². The Balaban J connectivity index is 1.54. The molecule has 3 aromatic rings. The minimum atomic E-state index is -0.571. The molecule has 0 aromatic heterocycles. The van der Waals surface area contributed by atoms with Gasteiger partial charge in [0.15, 0.2) is 5.78 Å². The maximum Gasteiger partial charge on any atom is 0.324 e. The molecule has 1 fully saturated rings. The van der Waals surface area contributed by atoms with Gasteiger partial charge in [-0.05, 0) is 35.9 Å². The number of hydrogen-bond acceptors (Lipinski definition) is 5. The van der Waals surface area contributed by atoms with Crippen LogP contribution in [0, 0.1) is 5.82 Å². The number of benzene rings is 3. The Bertz CT molecular complexity index is 1230. The van der Waals surface area contributed by atoms with Crippen molar-refractivity contribution in [1.29, 1.82) is 0 Å². The number of methoxy groups -OCH3 is 1. The number of ether oxygens (including phenoxy) is 1. The molecule has 0 spiro atoms. The molecule has 0 bridgehead atoms. The van der Waals surface area contributed by atoms with E-state index in [1.165, 1.54) is 18.2 Å². The van der Waals surface area contributed by atoms with E-state index in [0.717, 1.165) is 17.0 Å². The zero-order chi connectivity index (χ0) is 25.7. The van der Waals surface area contributed by atoms with Crippen LogP contribution in [0.1, 0.15) is 15.9 Å². The summed E-state index contributed by atoms with van der Waals surface area (Å²) in [7, 11) is 1.64. The first-order valence-corrected chi connectivity index (χ1v) is 11.9. The number of carbonyl (C=O) groups excluding carboxylic acids is 2. The average Bonchev–Trinajstić information content (AvgIpc) is 2.93. The number of anilines is 2. The Morgan fingerprint density at radius 1 is 1.03 bits per heavy atom. The van der Waals surface area contributed by atoms with Crippen LogP contribution in [0.3, 0.4) is 0 Å². The third-order valence-corrected chi connectivity index (χ3v) is 6.47. The van der Waals surface area contributed by atoms with Gasteiger partial charge in [-0.2, -0.15) is 0 Å². The third-order valence-electron chi connectivity index (χ3n) is 6.18. The Morgan fingerprint density at radius 2 is 1.72 bits per heavy atom. The van der Waals surface area contributed by atoms with Crippen molar-refractivity contribution in [1.82, 2.24) is 4.90 Å². The van der Waals surface area contributed by atoms with Gasteiger partial charge in [-0.25, -0.2) is 9.18 Å². The second-order valence-corrected chi connectivity index (χ2v) is 8.80. The van der Waals surface area contributed by atoms with Gasteiger partial charge in [0.25, 0.3) is 0 Å². The van der Waals surface area contributed by atoms with E-state index < -0.39 is 12.4 Å². The minimum absolute atomic E-state index is 0.0739. The van der Waals surface area contributed by atoms with Gasteiger partial charge in [0.05, 0.1) is 24.4 Å². The summed E-state index contributed by atoms with van der Waals surface area (Å²) in [5.74, 6) is -0.166. The quantitative estimate of drug-likeness (QED) is 0.469. The van der Waals surface area contributed by atoms with E-state index in [1.807, 2.05) is 24.3 Å². The van der Waals surface area contributed by atoms with Gasteiger partial charge in [0.2, 0.25) is 0 Å². The molecule has 7 nitrogen and oxygen atoms in total. The van der Waals surface area contributed by atoms with Crippen LogP contribution in [0.5, 0.6) is 5.75 Å². The zero-order valence-electron chi connectivity index (χ0n) is 19.9. The molecule has 1 heterocycles. The summed E-state index contributed by atoms with van der Waals surface area (Å²) in [4.78, 5) is 30.9. The zero-order valence-corrected chi connectivity index (χ0v) is 20.6. The van der Waals surface area contributed by atoms with E-state index in [-0.39, 0.29) is 23.4 Å². The lowest BCUT2D eigenvalue weighted by Gasteiger charge is -2.39. The number of halogens is 2. The highest BCUT2D eigenvalue weighted by atomic mass is 35.5. The molecule has 1 N–H and O–H groups in total. The van der Waals surface area contributed by atoms with Gasteiger partial charge in [0, 0.05) is 37.4 Å². The lowest BCUT2D eigenvalue weighted by molar-refractivity contribution is 0.0903. The Labute approximate surface area is 214 Å². The van der Waals surface area contributed by atoms with Crippen LogP contribution in [-0.4, -0.2) is 61.7 Å². The van der Waals surface area contributed by atoms with Gasteiger partial charge in [0.1, 0.15) is 18.2 Å². The molecule has 3 aromatic carbocycles. The van der Waals surface area contributed by atoms with Gasteiger partial charge in [-0.1, -0.05) is 48.0 Å². The van der Waals surface area contributed by atoms with E-state index in [0.29, 0.717) is 37.4 Å². The first kappa shape index (κ1) is 25.5. The highest BCUT2D eigenvalue weighted by molar-refractivity contribution is 6.31. The largest absolute Gasteiger partial charge is 0.495 e. The van der Waals surface area contributed by atoms with Crippen LogP contribution in [0.25, 0.3) is 0 Å². The molecule has 1 aliphatic heterocycles. The molecule has 1 aliphatic rings. The number of piperazine rings is 1. The lowest BCUT2D eigenvalue weighted by atomic mass is 10.1. The van der Waals surface area contributed by atoms with Crippen LogP contribution in [0.15, 0.2) is 66.7 Å². The molecule has 0 atom stereocenters. The third kappa shape index (κ3) is 5.61. The summed E-state index contributed by atoms with van der Waals surface area (Å²) >= 11 is 6.03. The number of urea groups is 1. The highest BCUT2D eigenvalue weighted by Crippen LogP contribution is 2.29. The van der Waals surface area contributed by atoms with Crippen LogP contribution >= 0.6 is 11.6 Å². The fourth-order valence-corrected chi connectivity index (χ4v) is 4.37. The summed E-state index contributed by atoms with van der Waals surface area (Å²) in [6.45, 7) is 1.86. The number of Topliss-reactive ketones (excluding diaryl/α,β-unsaturated/α-hetero) is 1. The molecule has 9 heteroatoms. The Morgan fingerprint density at radius 3 is 2.36 bits per heavy atom. The van der Waals surface area contributed by atoms with E-state index in [9.17, 15) is 14.0 Å². The number of hydrogen-bond donors (Lipinski definition) is 1. The summed E-state index contributed by atoms with van der Waals surface area (Å²) in [6.07, 6.45) is 0. The van der Waals surface area contributed by atoms with Crippen molar-refractivity contribution in [3.8, 4) is 5.75 Å². The summed E-state index contributed by atoms with van der Waals surface area (Å²) < 4.78 is 19.3. The number of nitrogens with zero attached hydrogens (tertiary/aromatic N) is 3. The molecular weight excluding hydrogens is 485 g/mol. The highest BCUT2D eigenvalue weighted by Gasteiger charge is 2.28. The number of amides is 2. The SMILES string of the molecule is COc1ccccc1N1CCN(C(=O)N(Cc2ccc(C(=O)CO)cc2)c2ccc(F)c(Cl)c2)CC1. The fraction of sp³-hybridized carbons (Fsp3) is 0.259. The van der Waals surface area contributed by atoms with Crippen LogP contribution in [0.4, 0.5) is 20.6 Å². The molecule has 1 saturated heterocycles. The molecule has 0 unspecified atom stereocenters. The van der Waals surface area contributed by atoms with Crippen LogP contribution in [0.2, 0.25) is 5.02 Å². The number of ketones is 1. The molecule has 0 saturated carbocycles. The summed E-state index contributed by atoms with van der Waals surface area (Å²) in [5.41, 5.74) is 2.60. The van der Waals surface area contributed by atoms with Gasteiger partial charge < -0.3 is 19.6 Å². The number of aliphatic hydroxyl groups excluding tert-OH is 1. The minimum Gasteiger partial charge on any atom is -0.495 e. The molecule has 36 heavy (non-hydrogen) atoms. The van der Waals surface area contributed by atoms with E-state index >= 15 is 0 Å². The second-order valence-electron chi connectivity index (χ2n) is 8.39. The molecule has 0 aliphatic carbocycles. The first-order valence-electron chi connectivity index (χ1n) is 11.5. The number of rotatable bonds is 7. The molecule has 188 valence electrons. The first-order chi connectivity index (χ1) is 17.4. The molecular formula is C27H27ClFN3O4. The monoisotopic (exact) mass is 511 g/mol. The van der Waals surface area contributed by atoms with Crippen LogP contribution < -0.4 is 14.5 Å². The molecule has 2 amide bonds. The van der Waals surface area contributed by atoms with Crippen molar-refractivity contribution in [3.63, 3.8) is 0 Å². The predicted molar refractivity (Wildman–Crippen MR) is 138 cm³/mol. The standard InChI is InChI=1S/C27H27ClFN3O4/c1-36-26-5-3-2-4-24(26)30-12-14-31(15-13-30)27(35)32(21-10-11-23(29)22(28)16-21)17-19-6-8-20(9-7-19)25(34)18-33/h2-11,16,33H,12-15,17-18H2,1H3. The van der Waals surface area contributed by atoms with Gasteiger partial charge in [-0.15, -0.1) is 0 Å². The van der Waals surface area contributed by atoms with Crippen molar-refractivity contribution in [2.45, 2.75) is 6.54 Å². The maximum atomic E-state index is 13.9. The Hall–Kier alpha value is -3.62. The second kappa shape index (κ2) is 11.4. The summed E-state index contributed by atoms with van der Waals surface area (Å²) in [6, 6.07) is 18.4. The lowest BCUT2D eigenvalue weighted by Crippen LogP contribution is -2.53. The van der Waals surface area contributed by atoms with E-state index in [2.05, 4.69) is 4.90 Å². The van der Waals surface area contributed by atoms with Crippen molar-refractivity contribution in [2.75, 3.05) is 49.7 Å². The van der Waals surface area contributed by atoms with E-state index in [4.69, 9.17) is 21.4 Å². The predicted octanol–water partition coefficient (Wildman–Crippen LogP) is 4.61. The number of para-hydroxylation sites is 2. The van der Waals surface area contributed by atoms with Gasteiger partial charge in [-0.3, -0.25) is 9.69 Å². The van der Waals surface area contributed by atoms with Gasteiger partial charge >= 0.3 is 6.03 Å². The fourth-order valence-electron chi connectivity index (χ4n) is 4.19. The molecule has 0 radical (unpaired) electrons. The molecule has 4 rings (SSSR count). The number of carbonyl (C=O) groups is 2. The maximum absolute atomic E-state index is 13.9. The smallest absolute Gasteiger partial charge is 0.324 e. The average molecular weight is 512 g/mol. The normalized spacial score (nSPS) is 13.4. The van der Waals surface area contributed by atoms with Crippen molar-refractivity contribution in [3.05, 3.63) is 88.7 Å². The summed E-state index contributed by atoms with van der Waals surface area (Å²) in [5, 5.41) is 9.00. The van der Waals surface area contributed by atoms with E-state index in [1.54, 1.807) is 41.2 Å². The number of aliphatic hydroxyl groups is 1. The van der Waals surface area contributed by atoms with Crippen molar-refractivity contribution >= 4 is 34.8 Å². The Kier molecular flexibility index (Phi) is 8.07. The van der Waals surface area contributed by atoms with Crippen molar-refractivity contribution in [2.24, 2.45) is 0 Å². The van der Waals surface area contributed by atoms with Crippen molar-refractivity contribution < 1.29 is 23.8 Å². The topological polar surface area (TPSA) is 73.3 Å².